The Hall–Kier alpha value is -1.12. The third kappa shape index (κ3) is 4.60. The second kappa shape index (κ2) is 5.83. The summed E-state index contributed by atoms with van der Waals surface area (Å²) in [5.41, 5.74) is -0.600. The standard InChI is InChI=1S/C11H19NO4/c1-11(2,3)9(10(15)16)8(14)6-7(13)4-5-12/h7-9,13-14H,4,6H2,1-3H3,(H,15,16)/t7-,8-,9?/m1/s1. The molecule has 3 N–H and O–H groups in total. The molecule has 0 rings (SSSR count). The van der Waals surface area contributed by atoms with E-state index < -0.39 is 29.5 Å². The van der Waals surface area contributed by atoms with E-state index in [2.05, 4.69) is 0 Å². The van der Waals surface area contributed by atoms with Crippen molar-refractivity contribution in [3.63, 3.8) is 0 Å². The van der Waals surface area contributed by atoms with E-state index in [-0.39, 0.29) is 12.8 Å². The van der Waals surface area contributed by atoms with Gasteiger partial charge < -0.3 is 15.3 Å². The normalized spacial score (nSPS) is 17.2. The smallest absolute Gasteiger partial charge is 0.309 e. The first-order valence-corrected chi connectivity index (χ1v) is 5.16. The maximum absolute atomic E-state index is 11.0. The average molecular weight is 229 g/mol. The van der Waals surface area contributed by atoms with E-state index in [1.54, 1.807) is 26.8 Å². The van der Waals surface area contributed by atoms with Crippen molar-refractivity contribution in [1.82, 2.24) is 0 Å². The lowest BCUT2D eigenvalue weighted by Crippen LogP contribution is -2.40. The van der Waals surface area contributed by atoms with Gasteiger partial charge in [0.15, 0.2) is 0 Å². The molecular weight excluding hydrogens is 210 g/mol. The lowest BCUT2D eigenvalue weighted by molar-refractivity contribution is -0.152. The lowest BCUT2D eigenvalue weighted by atomic mass is 9.76. The largest absolute Gasteiger partial charge is 0.481 e. The molecule has 0 bridgehead atoms. The number of aliphatic hydroxyl groups excluding tert-OH is 2. The van der Waals surface area contributed by atoms with Gasteiger partial charge in [0.2, 0.25) is 0 Å². The first-order chi connectivity index (χ1) is 7.20. The van der Waals surface area contributed by atoms with E-state index in [0.717, 1.165) is 0 Å². The predicted octanol–water partition coefficient (Wildman–Crippen LogP) is 0.759. The SMILES string of the molecule is CC(C)(C)C(C(=O)O)[C@H](O)C[C@H](O)CC#N. The van der Waals surface area contributed by atoms with Crippen LogP contribution in [0.15, 0.2) is 0 Å². The zero-order chi connectivity index (χ0) is 12.9. The summed E-state index contributed by atoms with van der Waals surface area (Å²) >= 11 is 0. The highest BCUT2D eigenvalue weighted by Crippen LogP contribution is 2.31. The molecule has 0 amide bonds. The first kappa shape index (κ1) is 14.9. The minimum atomic E-state index is -1.15. The van der Waals surface area contributed by atoms with Gasteiger partial charge in [-0.25, -0.2) is 0 Å². The van der Waals surface area contributed by atoms with E-state index >= 15 is 0 Å². The highest BCUT2D eigenvalue weighted by atomic mass is 16.4. The Morgan fingerprint density at radius 1 is 1.38 bits per heavy atom. The summed E-state index contributed by atoms with van der Waals surface area (Å²) < 4.78 is 0. The topological polar surface area (TPSA) is 102 Å². The summed E-state index contributed by atoms with van der Waals surface area (Å²) in [5, 5.41) is 36.5. The van der Waals surface area contributed by atoms with Crippen LogP contribution in [-0.2, 0) is 4.79 Å². The third-order valence-corrected chi connectivity index (χ3v) is 2.42. The summed E-state index contributed by atoms with van der Waals surface area (Å²) in [5.74, 6) is -2.05. The molecular formula is C11H19NO4. The maximum atomic E-state index is 11.0. The molecule has 92 valence electrons. The molecule has 0 fully saturated rings. The van der Waals surface area contributed by atoms with Gasteiger partial charge in [-0.1, -0.05) is 20.8 Å². The van der Waals surface area contributed by atoms with E-state index in [4.69, 9.17) is 10.4 Å². The van der Waals surface area contributed by atoms with Crippen LogP contribution in [0, 0.1) is 22.7 Å². The Morgan fingerprint density at radius 2 is 1.88 bits per heavy atom. The van der Waals surface area contributed by atoms with E-state index in [0.29, 0.717) is 0 Å². The van der Waals surface area contributed by atoms with Gasteiger partial charge in [-0.15, -0.1) is 0 Å². The van der Waals surface area contributed by atoms with Crippen molar-refractivity contribution < 1.29 is 20.1 Å². The molecule has 0 aromatic carbocycles. The maximum Gasteiger partial charge on any atom is 0.309 e. The quantitative estimate of drug-likeness (QED) is 0.646. The molecule has 5 heteroatoms. The molecule has 0 spiro atoms. The van der Waals surface area contributed by atoms with Crippen molar-refractivity contribution in [2.24, 2.45) is 11.3 Å². The zero-order valence-corrected chi connectivity index (χ0v) is 9.84. The minimum Gasteiger partial charge on any atom is -0.481 e. The molecule has 0 aromatic heterocycles. The van der Waals surface area contributed by atoms with Gasteiger partial charge in [-0.05, 0) is 5.41 Å². The summed E-state index contributed by atoms with van der Waals surface area (Å²) in [7, 11) is 0. The Kier molecular flexibility index (Phi) is 5.42. The fraction of sp³-hybridized carbons (Fsp3) is 0.818. The van der Waals surface area contributed by atoms with Crippen molar-refractivity contribution in [2.45, 2.75) is 45.8 Å². The van der Waals surface area contributed by atoms with Gasteiger partial charge in [0.1, 0.15) is 0 Å². The number of nitriles is 1. The number of rotatable bonds is 5. The molecule has 0 aliphatic rings. The van der Waals surface area contributed by atoms with Gasteiger partial charge >= 0.3 is 5.97 Å². The van der Waals surface area contributed by atoms with Crippen LogP contribution in [-0.4, -0.2) is 33.5 Å². The molecule has 0 aromatic rings. The fourth-order valence-corrected chi connectivity index (χ4v) is 1.72. The molecule has 3 atom stereocenters. The second-order valence-corrected chi connectivity index (χ2v) is 5.00. The number of carboxylic acids is 1. The van der Waals surface area contributed by atoms with Crippen LogP contribution >= 0.6 is 0 Å². The third-order valence-electron chi connectivity index (χ3n) is 2.42. The Labute approximate surface area is 95.3 Å². The highest BCUT2D eigenvalue weighted by molar-refractivity contribution is 5.71. The van der Waals surface area contributed by atoms with E-state index in [1.807, 2.05) is 0 Å². The van der Waals surface area contributed by atoms with Gasteiger partial charge in [0.05, 0.1) is 30.6 Å². The molecule has 0 aliphatic heterocycles. The Morgan fingerprint density at radius 3 is 2.19 bits per heavy atom. The molecule has 16 heavy (non-hydrogen) atoms. The summed E-state index contributed by atoms with van der Waals surface area (Å²) in [4.78, 5) is 11.0. The molecule has 0 heterocycles. The average Bonchev–Trinajstić information content (AvgIpc) is 1.99. The minimum absolute atomic E-state index is 0.0954. The van der Waals surface area contributed by atoms with Crippen LogP contribution < -0.4 is 0 Å². The Balaban J connectivity index is 4.59. The molecule has 5 nitrogen and oxygen atoms in total. The van der Waals surface area contributed by atoms with Crippen molar-refractivity contribution in [3.8, 4) is 6.07 Å². The number of hydrogen-bond acceptors (Lipinski definition) is 4. The van der Waals surface area contributed by atoms with Crippen LogP contribution in [0.5, 0.6) is 0 Å². The van der Waals surface area contributed by atoms with Gasteiger partial charge in [-0.2, -0.15) is 5.26 Å². The molecule has 0 radical (unpaired) electrons. The lowest BCUT2D eigenvalue weighted by Gasteiger charge is -2.31. The van der Waals surface area contributed by atoms with E-state index in [1.165, 1.54) is 0 Å². The summed E-state index contributed by atoms with van der Waals surface area (Å²) in [6, 6.07) is 1.77. The fourth-order valence-electron chi connectivity index (χ4n) is 1.72. The second-order valence-electron chi connectivity index (χ2n) is 5.00. The molecule has 0 aliphatic carbocycles. The number of carbonyl (C=O) groups is 1. The number of nitrogens with zero attached hydrogens (tertiary/aromatic N) is 1. The van der Waals surface area contributed by atoms with Crippen LogP contribution in [0.1, 0.15) is 33.6 Å². The van der Waals surface area contributed by atoms with Gasteiger partial charge in [0.25, 0.3) is 0 Å². The monoisotopic (exact) mass is 229 g/mol. The van der Waals surface area contributed by atoms with Crippen LogP contribution in [0.4, 0.5) is 0 Å². The van der Waals surface area contributed by atoms with Crippen molar-refractivity contribution in [2.75, 3.05) is 0 Å². The van der Waals surface area contributed by atoms with Crippen molar-refractivity contribution >= 4 is 5.97 Å². The van der Waals surface area contributed by atoms with Crippen LogP contribution in [0.2, 0.25) is 0 Å². The number of aliphatic hydroxyl groups is 2. The highest BCUT2D eigenvalue weighted by Gasteiger charge is 2.37. The van der Waals surface area contributed by atoms with Crippen LogP contribution in [0.3, 0.4) is 0 Å². The van der Waals surface area contributed by atoms with Crippen molar-refractivity contribution in [3.05, 3.63) is 0 Å². The summed E-state index contributed by atoms with van der Waals surface area (Å²) in [6.45, 7) is 5.14. The first-order valence-electron chi connectivity index (χ1n) is 5.16. The van der Waals surface area contributed by atoms with Crippen LogP contribution in [0.25, 0.3) is 0 Å². The summed E-state index contributed by atoms with van der Waals surface area (Å²) in [6.07, 6.45) is -2.33. The van der Waals surface area contributed by atoms with Gasteiger partial charge in [0, 0.05) is 6.42 Å². The van der Waals surface area contributed by atoms with Gasteiger partial charge in [-0.3, -0.25) is 4.79 Å². The van der Waals surface area contributed by atoms with E-state index in [9.17, 15) is 15.0 Å². The molecule has 0 saturated carbocycles. The number of carboxylic acid groups (broad SMARTS) is 1. The Bertz CT molecular complexity index is 277. The molecule has 1 unspecified atom stereocenters. The molecule has 0 saturated heterocycles. The number of aliphatic carboxylic acids is 1. The van der Waals surface area contributed by atoms with Crippen molar-refractivity contribution in [1.29, 1.82) is 5.26 Å². The zero-order valence-electron chi connectivity index (χ0n) is 9.84. The predicted molar refractivity (Wildman–Crippen MR) is 57.4 cm³/mol. The number of hydrogen-bond donors (Lipinski definition) is 3.